The lowest BCUT2D eigenvalue weighted by Gasteiger charge is -2.05. The Hall–Kier alpha value is -0.410. The average Bonchev–Trinajstić information content (AvgIpc) is 2.42. The van der Waals surface area contributed by atoms with Crippen LogP contribution in [0.25, 0.3) is 0 Å². The zero-order chi connectivity index (χ0) is 9.84. The molecule has 0 aliphatic rings. The van der Waals surface area contributed by atoms with Crippen LogP contribution in [0.15, 0.2) is 0 Å². The summed E-state index contributed by atoms with van der Waals surface area (Å²) in [6.07, 6.45) is 3.15. The van der Waals surface area contributed by atoms with Gasteiger partial charge in [0.1, 0.15) is 0 Å². The highest BCUT2D eigenvalue weighted by Crippen LogP contribution is 2.18. The second-order valence-electron chi connectivity index (χ2n) is 3.46. The van der Waals surface area contributed by atoms with Gasteiger partial charge in [0.05, 0.1) is 10.7 Å². The van der Waals surface area contributed by atoms with E-state index in [2.05, 4.69) is 25.8 Å². The molecule has 0 aliphatic heterocycles. The molecule has 13 heavy (non-hydrogen) atoms. The molecule has 2 nitrogen and oxygen atoms in total. The van der Waals surface area contributed by atoms with Crippen molar-refractivity contribution in [3.63, 3.8) is 0 Å². The lowest BCUT2D eigenvalue weighted by molar-refractivity contribution is 0.595. The van der Waals surface area contributed by atoms with Crippen molar-refractivity contribution in [2.75, 3.05) is 0 Å². The first-order chi connectivity index (χ1) is 6.13. The molecule has 0 radical (unpaired) electrons. The molecule has 1 unspecified atom stereocenters. The predicted octanol–water partition coefficient (Wildman–Crippen LogP) is 2.43. The standard InChI is InChI=1S/C10H18N2S/c1-4-9(11)5-6-10-12-7(2)8(3)13-10/h9H,4-6,11H2,1-3H3. The minimum Gasteiger partial charge on any atom is -0.328 e. The van der Waals surface area contributed by atoms with Gasteiger partial charge in [-0.05, 0) is 26.7 Å². The number of nitrogens with zero attached hydrogens (tertiary/aromatic N) is 1. The molecule has 1 heterocycles. The van der Waals surface area contributed by atoms with Crippen LogP contribution in [0.1, 0.15) is 35.3 Å². The minimum absolute atomic E-state index is 0.338. The Morgan fingerprint density at radius 2 is 2.15 bits per heavy atom. The molecule has 0 fully saturated rings. The Morgan fingerprint density at radius 3 is 2.62 bits per heavy atom. The molecule has 0 aromatic carbocycles. The van der Waals surface area contributed by atoms with E-state index in [4.69, 9.17) is 5.73 Å². The number of rotatable bonds is 4. The SMILES string of the molecule is CCC(N)CCc1nc(C)c(C)s1. The fourth-order valence-corrected chi connectivity index (χ4v) is 2.11. The number of aryl methyl sites for hydroxylation is 3. The normalized spacial score (nSPS) is 13.2. The summed E-state index contributed by atoms with van der Waals surface area (Å²) in [5.74, 6) is 0. The van der Waals surface area contributed by atoms with Gasteiger partial charge in [-0.2, -0.15) is 0 Å². The molecule has 1 aromatic rings. The van der Waals surface area contributed by atoms with Crippen molar-refractivity contribution in [3.05, 3.63) is 15.6 Å². The van der Waals surface area contributed by atoms with Gasteiger partial charge >= 0.3 is 0 Å². The molecule has 0 aliphatic carbocycles. The van der Waals surface area contributed by atoms with Crippen molar-refractivity contribution < 1.29 is 0 Å². The molecular formula is C10H18N2S. The van der Waals surface area contributed by atoms with Crippen LogP contribution in [0, 0.1) is 13.8 Å². The summed E-state index contributed by atoms with van der Waals surface area (Å²) in [5.41, 5.74) is 7.01. The van der Waals surface area contributed by atoms with Crippen LogP contribution in [0.2, 0.25) is 0 Å². The lowest BCUT2D eigenvalue weighted by Crippen LogP contribution is -2.18. The van der Waals surface area contributed by atoms with E-state index >= 15 is 0 Å². The van der Waals surface area contributed by atoms with E-state index in [1.54, 1.807) is 11.3 Å². The number of nitrogens with two attached hydrogens (primary N) is 1. The van der Waals surface area contributed by atoms with Gasteiger partial charge in [-0.25, -0.2) is 4.98 Å². The van der Waals surface area contributed by atoms with E-state index in [1.807, 2.05) is 0 Å². The third-order valence-corrected chi connectivity index (χ3v) is 3.46. The maximum atomic E-state index is 5.84. The predicted molar refractivity (Wildman–Crippen MR) is 58.2 cm³/mol. The second kappa shape index (κ2) is 4.72. The molecule has 74 valence electrons. The number of hydrogen-bond acceptors (Lipinski definition) is 3. The van der Waals surface area contributed by atoms with Crippen molar-refractivity contribution in [2.45, 2.75) is 46.1 Å². The number of hydrogen-bond donors (Lipinski definition) is 1. The lowest BCUT2D eigenvalue weighted by atomic mass is 10.1. The van der Waals surface area contributed by atoms with Gasteiger partial charge < -0.3 is 5.73 Å². The Balaban J connectivity index is 2.45. The zero-order valence-corrected chi connectivity index (χ0v) is 9.45. The summed E-state index contributed by atoms with van der Waals surface area (Å²) in [7, 11) is 0. The van der Waals surface area contributed by atoms with Crippen molar-refractivity contribution in [3.8, 4) is 0 Å². The van der Waals surface area contributed by atoms with Gasteiger partial charge in [0.2, 0.25) is 0 Å². The molecule has 0 amide bonds. The largest absolute Gasteiger partial charge is 0.328 e. The third kappa shape index (κ3) is 3.08. The van der Waals surface area contributed by atoms with E-state index in [1.165, 1.54) is 15.6 Å². The van der Waals surface area contributed by atoms with Crippen LogP contribution >= 0.6 is 11.3 Å². The molecular weight excluding hydrogens is 180 g/mol. The van der Waals surface area contributed by atoms with Gasteiger partial charge in [-0.15, -0.1) is 11.3 Å². The van der Waals surface area contributed by atoms with Gasteiger partial charge in [0.15, 0.2) is 0 Å². The van der Waals surface area contributed by atoms with Crippen LogP contribution in [-0.2, 0) is 6.42 Å². The quantitative estimate of drug-likeness (QED) is 0.807. The molecule has 0 saturated carbocycles. The Morgan fingerprint density at radius 1 is 1.46 bits per heavy atom. The Bertz CT molecular complexity index is 248. The van der Waals surface area contributed by atoms with E-state index in [-0.39, 0.29) is 0 Å². The molecule has 0 spiro atoms. The topological polar surface area (TPSA) is 38.9 Å². The van der Waals surface area contributed by atoms with Crippen molar-refractivity contribution in [1.29, 1.82) is 0 Å². The van der Waals surface area contributed by atoms with E-state index in [9.17, 15) is 0 Å². The first-order valence-electron chi connectivity index (χ1n) is 4.82. The summed E-state index contributed by atoms with van der Waals surface area (Å²) in [5, 5.41) is 1.24. The Kier molecular flexibility index (Phi) is 3.88. The molecule has 0 saturated heterocycles. The summed E-state index contributed by atoms with van der Waals surface area (Å²) < 4.78 is 0. The molecule has 1 rings (SSSR count). The minimum atomic E-state index is 0.338. The van der Waals surface area contributed by atoms with Crippen molar-refractivity contribution in [1.82, 2.24) is 4.98 Å². The maximum absolute atomic E-state index is 5.84. The maximum Gasteiger partial charge on any atom is 0.0931 e. The Labute approximate surface area is 84.2 Å². The summed E-state index contributed by atoms with van der Waals surface area (Å²) in [6.45, 7) is 6.31. The van der Waals surface area contributed by atoms with Crippen LogP contribution in [0.4, 0.5) is 0 Å². The fourth-order valence-electron chi connectivity index (χ4n) is 1.16. The fraction of sp³-hybridized carbons (Fsp3) is 0.700. The highest BCUT2D eigenvalue weighted by molar-refractivity contribution is 7.11. The average molecular weight is 198 g/mol. The van der Waals surface area contributed by atoms with E-state index in [0.29, 0.717) is 6.04 Å². The van der Waals surface area contributed by atoms with Crippen molar-refractivity contribution in [2.24, 2.45) is 5.73 Å². The number of thiazole rings is 1. The van der Waals surface area contributed by atoms with Crippen LogP contribution < -0.4 is 5.73 Å². The molecule has 1 aromatic heterocycles. The highest BCUT2D eigenvalue weighted by atomic mass is 32.1. The number of aromatic nitrogens is 1. The summed E-state index contributed by atoms with van der Waals surface area (Å²) in [6, 6.07) is 0.338. The molecule has 0 bridgehead atoms. The third-order valence-electron chi connectivity index (χ3n) is 2.33. The first-order valence-corrected chi connectivity index (χ1v) is 5.63. The second-order valence-corrected chi connectivity index (χ2v) is 4.74. The monoisotopic (exact) mass is 198 g/mol. The van der Waals surface area contributed by atoms with Crippen LogP contribution in [0.5, 0.6) is 0 Å². The first kappa shape index (κ1) is 10.7. The van der Waals surface area contributed by atoms with Crippen LogP contribution in [0.3, 0.4) is 0 Å². The molecule has 3 heteroatoms. The smallest absolute Gasteiger partial charge is 0.0931 e. The van der Waals surface area contributed by atoms with E-state index < -0.39 is 0 Å². The van der Waals surface area contributed by atoms with Gasteiger partial charge in [-0.3, -0.25) is 0 Å². The van der Waals surface area contributed by atoms with Gasteiger partial charge in [0, 0.05) is 17.3 Å². The van der Waals surface area contributed by atoms with E-state index in [0.717, 1.165) is 19.3 Å². The molecule has 1 atom stereocenters. The molecule has 2 N–H and O–H groups in total. The highest BCUT2D eigenvalue weighted by Gasteiger charge is 2.05. The van der Waals surface area contributed by atoms with Crippen molar-refractivity contribution >= 4 is 11.3 Å². The zero-order valence-electron chi connectivity index (χ0n) is 8.63. The van der Waals surface area contributed by atoms with Crippen LogP contribution in [-0.4, -0.2) is 11.0 Å². The summed E-state index contributed by atoms with van der Waals surface area (Å²) >= 11 is 1.80. The summed E-state index contributed by atoms with van der Waals surface area (Å²) in [4.78, 5) is 5.81. The van der Waals surface area contributed by atoms with Gasteiger partial charge in [0.25, 0.3) is 0 Å². The van der Waals surface area contributed by atoms with Gasteiger partial charge in [-0.1, -0.05) is 6.92 Å².